The number of imidazole rings is 1. The molecule has 0 atom stereocenters. The van der Waals surface area contributed by atoms with E-state index in [-0.39, 0.29) is 28.1 Å². The van der Waals surface area contributed by atoms with Crippen molar-refractivity contribution in [3.05, 3.63) is 35.7 Å². The zero-order valence-corrected chi connectivity index (χ0v) is 13.5. The van der Waals surface area contributed by atoms with Crippen LogP contribution in [0, 0.1) is 0 Å². The van der Waals surface area contributed by atoms with Gasteiger partial charge in [0.05, 0.1) is 12.0 Å². The second-order valence-corrected chi connectivity index (χ2v) is 6.73. The molecule has 0 fully saturated rings. The van der Waals surface area contributed by atoms with Gasteiger partial charge in [-0.3, -0.25) is 4.72 Å². The summed E-state index contributed by atoms with van der Waals surface area (Å²) >= 11 is 5.96. The number of H-pyrrole nitrogens is 1. The van der Waals surface area contributed by atoms with Gasteiger partial charge in [0.15, 0.2) is 10.8 Å². The average Bonchev–Trinajstić information content (AvgIpc) is 2.95. The molecule has 132 valence electrons. The number of sulfonamides is 1. The summed E-state index contributed by atoms with van der Waals surface area (Å²) in [6.07, 6.45) is 1.38. The summed E-state index contributed by atoms with van der Waals surface area (Å²) in [7, 11) is -5.51. The second kappa shape index (κ2) is 6.04. The van der Waals surface area contributed by atoms with Gasteiger partial charge in [-0.2, -0.15) is 31.6 Å². The average molecular weight is 393 g/mol. The van der Waals surface area contributed by atoms with E-state index in [1.54, 1.807) is 0 Å². The molecule has 2 heterocycles. The minimum absolute atomic E-state index is 0.0421. The standard InChI is InChI=1S/C12H8ClF3N6O2S/c13-9-8-10(18-5-17-8)21-11(20-9)19-6-2-1-3-7(4-6)22-25(23,24)12(14,15)16/h1-5,22H,(H2,17,18,19,20,21). The summed E-state index contributed by atoms with van der Waals surface area (Å²) in [5, 5.41) is 2.81. The first kappa shape index (κ1) is 17.2. The molecule has 3 aromatic rings. The number of hydrogen-bond acceptors (Lipinski definition) is 6. The minimum Gasteiger partial charge on any atom is -0.341 e. The molecule has 0 unspecified atom stereocenters. The molecule has 8 nitrogen and oxygen atoms in total. The Kier molecular flexibility index (Phi) is 4.16. The Morgan fingerprint density at radius 3 is 2.60 bits per heavy atom. The fourth-order valence-corrected chi connectivity index (χ4v) is 2.63. The van der Waals surface area contributed by atoms with E-state index in [1.165, 1.54) is 29.2 Å². The highest BCUT2D eigenvalue weighted by molar-refractivity contribution is 7.93. The fraction of sp³-hybridized carbons (Fsp3) is 0.0833. The summed E-state index contributed by atoms with van der Waals surface area (Å²) in [5.74, 6) is 0.0421. The zero-order valence-electron chi connectivity index (χ0n) is 12.0. The molecule has 3 N–H and O–H groups in total. The molecule has 2 aromatic heterocycles. The third kappa shape index (κ3) is 3.58. The normalized spacial score (nSPS) is 12.3. The highest BCUT2D eigenvalue weighted by Gasteiger charge is 2.46. The van der Waals surface area contributed by atoms with E-state index in [2.05, 4.69) is 25.3 Å². The van der Waals surface area contributed by atoms with E-state index in [0.29, 0.717) is 5.52 Å². The van der Waals surface area contributed by atoms with Crippen molar-refractivity contribution in [2.75, 3.05) is 10.0 Å². The van der Waals surface area contributed by atoms with Crippen LogP contribution in [0.25, 0.3) is 11.2 Å². The molecule has 1 aromatic carbocycles. The lowest BCUT2D eigenvalue weighted by Crippen LogP contribution is -2.29. The number of fused-ring (bicyclic) bond motifs is 1. The molecule has 25 heavy (non-hydrogen) atoms. The summed E-state index contributed by atoms with van der Waals surface area (Å²) in [6.45, 7) is 0. The molecule has 0 saturated carbocycles. The van der Waals surface area contributed by atoms with E-state index in [1.807, 2.05) is 0 Å². The fourth-order valence-electron chi connectivity index (χ4n) is 1.86. The predicted octanol–water partition coefficient (Wildman–Crippen LogP) is 3.01. The molecule has 0 spiro atoms. The van der Waals surface area contributed by atoms with Crippen molar-refractivity contribution in [3.8, 4) is 0 Å². The van der Waals surface area contributed by atoms with Crippen molar-refractivity contribution in [1.29, 1.82) is 0 Å². The quantitative estimate of drug-likeness (QED) is 0.588. The molecule has 0 amide bonds. The van der Waals surface area contributed by atoms with Crippen LogP contribution in [-0.2, 0) is 10.0 Å². The molecular weight excluding hydrogens is 385 g/mol. The number of nitrogens with one attached hydrogen (secondary N) is 3. The van der Waals surface area contributed by atoms with Gasteiger partial charge in [0.1, 0.15) is 5.52 Å². The van der Waals surface area contributed by atoms with Crippen molar-refractivity contribution in [2.24, 2.45) is 0 Å². The summed E-state index contributed by atoms with van der Waals surface area (Å²) < 4.78 is 61.0. The Morgan fingerprint density at radius 2 is 1.88 bits per heavy atom. The van der Waals surface area contributed by atoms with Crippen LogP contribution in [0.5, 0.6) is 0 Å². The van der Waals surface area contributed by atoms with Crippen molar-refractivity contribution in [1.82, 2.24) is 19.9 Å². The summed E-state index contributed by atoms with van der Waals surface area (Å²) in [5.41, 5.74) is -4.74. The van der Waals surface area contributed by atoms with Crippen LogP contribution in [0.4, 0.5) is 30.5 Å². The maximum atomic E-state index is 12.4. The van der Waals surface area contributed by atoms with Crippen molar-refractivity contribution in [3.63, 3.8) is 0 Å². The van der Waals surface area contributed by atoms with Crippen molar-refractivity contribution in [2.45, 2.75) is 5.51 Å². The molecule has 0 radical (unpaired) electrons. The van der Waals surface area contributed by atoms with E-state index >= 15 is 0 Å². The van der Waals surface area contributed by atoms with Crippen LogP contribution in [0.1, 0.15) is 0 Å². The van der Waals surface area contributed by atoms with Crippen LogP contribution >= 0.6 is 11.6 Å². The largest absolute Gasteiger partial charge is 0.516 e. The number of anilines is 3. The monoisotopic (exact) mass is 392 g/mol. The van der Waals surface area contributed by atoms with Gasteiger partial charge in [-0.15, -0.1) is 0 Å². The van der Waals surface area contributed by atoms with E-state index in [4.69, 9.17) is 11.6 Å². The number of alkyl halides is 3. The Morgan fingerprint density at radius 1 is 1.16 bits per heavy atom. The van der Waals surface area contributed by atoms with Gasteiger partial charge in [0.2, 0.25) is 5.95 Å². The van der Waals surface area contributed by atoms with E-state index in [9.17, 15) is 21.6 Å². The van der Waals surface area contributed by atoms with E-state index < -0.39 is 15.5 Å². The Balaban J connectivity index is 1.86. The van der Waals surface area contributed by atoms with Gasteiger partial charge in [-0.25, -0.2) is 4.98 Å². The number of rotatable bonds is 4. The Labute approximate surface area is 143 Å². The first-order chi connectivity index (χ1) is 11.7. The van der Waals surface area contributed by atoms with Crippen molar-refractivity contribution < 1.29 is 21.6 Å². The van der Waals surface area contributed by atoms with Gasteiger partial charge in [0, 0.05) is 5.69 Å². The SMILES string of the molecule is O=S(=O)(Nc1cccc(Nc2nc(Cl)c3[nH]cnc3n2)c1)C(F)(F)F. The van der Waals surface area contributed by atoms with Crippen LogP contribution in [-0.4, -0.2) is 33.9 Å². The number of benzene rings is 1. The van der Waals surface area contributed by atoms with Gasteiger partial charge >= 0.3 is 15.5 Å². The first-order valence-corrected chi connectivity index (χ1v) is 8.34. The van der Waals surface area contributed by atoms with E-state index in [0.717, 1.165) is 6.07 Å². The first-order valence-electron chi connectivity index (χ1n) is 6.48. The molecular formula is C12H8ClF3N6O2S. The van der Waals surface area contributed by atoms with Gasteiger partial charge in [-0.05, 0) is 18.2 Å². The molecule has 0 aliphatic carbocycles. The molecule has 0 bridgehead atoms. The van der Waals surface area contributed by atoms with Crippen LogP contribution in [0.2, 0.25) is 5.15 Å². The van der Waals surface area contributed by atoms with Gasteiger partial charge in [-0.1, -0.05) is 17.7 Å². The maximum Gasteiger partial charge on any atom is 0.516 e. The molecule has 13 heteroatoms. The number of nitrogens with zero attached hydrogens (tertiary/aromatic N) is 3. The second-order valence-electron chi connectivity index (χ2n) is 4.70. The molecule has 3 rings (SSSR count). The topological polar surface area (TPSA) is 113 Å². The number of halogens is 4. The summed E-state index contributed by atoms with van der Waals surface area (Å²) in [6, 6.07) is 5.15. The van der Waals surface area contributed by atoms with Crippen LogP contribution < -0.4 is 10.0 Å². The zero-order chi connectivity index (χ0) is 18.2. The predicted molar refractivity (Wildman–Crippen MR) is 85.0 cm³/mol. The molecule has 0 aliphatic rings. The van der Waals surface area contributed by atoms with Gasteiger partial charge in [0.25, 0.3) is 0 Å². The minimum atomic E-state index is -5.51. The highest BCUT2D eigenvalue weighted by Crippen LogP contribution is 2.27. The highest BCUT2D eigenvalue weighted by atomic mass is 35.5. The number of aromatic nitrogens is 4. The number of hydrogen-bond donors (Lipinski definition) is 3. The third-order valence-corrected chi connectivity index (χ3v) is 4.30. The smallest absolute Gasteiger partial charge is 0.341 e. The Bertz CT molecular complexity index is 1040. The molecule has 0 saturated heterocycles. The lowest BCUT2D eigenvalue weighted by Gasteiger charge is -2.12. The van der Waals surface area contributed by atoms with Gasteiger partial charge < -0.3 is 10.3 Å². The van der Waals surface area contributed by atoms with Crippen LogP contribution in [0.15, 0.2) is 30.6 Å². The summed E-state index contributed by atoms with van der Waals surface area (Å²) in [4.78, 5) is 14.7. The number of aromatic amines is 1. The lowest BCUT2D eigenvalue weighted by molar-refractivity contribution is -0.0429. The molecule has 0 aliphatic heterocycles. The maximum absolute atomic E-state index is 12.4. The third-order valence-electron chi connectivity index (χ3n) is 2.92. The van der Waals surface area contributed by atoms with Crippen molar-refractivity contribution >= 4 is 50.1 Å². The Hall–Kier alpha value is -2.60. The van der Waals surface area contributed by atoms with Crippen LogP contribution in [0.3, 0.4) is 0 Å². The lowest BCUT2D eigenvalue weighted by atomic mass is 10.3.